The van der Waals surface area contributed by atoms with Crippen molar-refractivity contribution in [1.29, 1.82) is 0 Å². The van der Waals surface area contributed by atoms with Gasteiger partial charge in [-0.1, -0.05) is 17.7 Å². The average molecular weight is 429 g/mol. The summed E-state index contributed by atoms with van der Waals surface area (Å²) in [5, 5.41) is 21.0. The minimum Gasteiger partial charge on any atom is -0.595 e. The molecule has 30 heavy (non-hydrogen) atoms. The molecule has 0 spiro atoms. The molecule has 2 aromatic heterocycles. The van der Waals surface area contributed by atoms with Crippen LogP contribution < -0.4 is 10.8 Å². The van der Waals surface area contributed by atoms with Gasteiger partial charge in [0.2, 0.25) is 11.6 Å². The summed E-state index contributed by atoms with van der Waals surface area (Å²) in [6.45, 7) is 1.77. The van der Waals surface area contributed by atoms with E-state index in [4.69, 9.17) is 11.6 Å². The van der Waals surface area contributed by atoms with E-state index >= 15 is 0 Å². The Hall–Kier alpha value is -2.65. The number of fused-ring (bicyclic) bond motifs is 5. The van der Waals surface area contributed by atoms with Crippen molar-refractivity contribution < 1.29 is 15.2 Å². The summed E-state index contributed by atoms with van der Waals surface area (Å²) in [5.74, 6) is 0.200. The Morgan fingerprint density at radius 2 is 2.03 bits per heavy atom. The van der Waals surface area contributed by atoms with E-state index in [0.717, 1.165) is 23.0 Å². The Labute approximate surface area is 177 Å². The quantitative estimate of drug-likeness (QED) is 0.618. The number of pyridine rings is 1. The molecular weight excluding hydrogens is 408 g/mol. The standard InChI is InChI=1S/C21H21ClN4O4/c22-16-2-1-14-5-6-23(19(14)8-16)12-20(27)24-9-13-7-15(11-24)17-3-4-18(26(29)30)21(28)25(17)10-13/h1-6,8,13,15,26,29H,7,9-12H2. The first kappa shape index (κ1) is 19.3. The molecule has 2 N–H and O–H groups in total. The van der Waals surface area contributed by atoms with Crippen LogP contribution in [-0.2, 0) is 17.9 Å². The van der Waals surface area contributed by atoms with Crippen LogP contribution in [-0.4, -0.2) is 38.2 Å². The molecule has 2 aliphatic rings. The summed E-state index contributed by atoms with van der Waals surface area (Å²) in [5.41, 5.74) is 1.08. The molecule has 3 atom stereocenters. The van der Waals surface area contributed by atoms with E-state index in [-0.39, 0.29) is 30.0 Å². The van der Waals surface area contributed by atoms with Gasteiger partial charge in [-0.25, -0.2) is 5.21 Å². The molecule has 8 nitrogen and oxygen atoms in total. The molecule has 4 heterocycles. The van der Waals surface area contributed by atoms with Gasteiger partial charge in [0.25, 0.3) is 0 Å². The highest BCUT2D eigenvalue weighted by Crippen LogP contribution is 2.35. The number of benzene rings is 1. The van der Waals surface area contributed by atoms with E-state index in [1.807, 2.05) is 39.9 Å². The summed E-state index contributed by atoms with van der Waals surface area (Å²) >= 11 is 6.12. The van der Waals surface area contributed by atoms with Crippen LogP contribution in [0.5, 0.6) is 0 Å². The second-order valence-electron chi connectivity index (χ2n) is 8.14. The number of hydrogen-bond acceptors (Lipinski definition) is 4. The molecule has 9 heteroatoms. The van der Waals surface area contributed by atoms with Gasteiger partial charge in [-0.2, -0.15) is 5.23 Å². The second kappa shape index (κ2) is 7.24. The van der Waals surface area contributed by atoms with Crippen LogP contribution in [0.1, 0.15) is 18.0 Å². The monoisotopic (exact) mass is 428 g/mol. The molecule has 2 aliphatic heterocycles. The van der Waals surface area contributed by atoms with Gasteiger partial charge in [0.15, 0.2) is 0 Å². The van der Waals surface area contributed by atoms with Gasteiger partial charge in [0.05, 0.1) is 0 Å². The van der Waals surface area contributed by atoms with Gasteiger partial charge in [-0.3, -0.25) is 9.59 Å². The van der Waals surface area contributed by atoms with Gasteiger partial charge in [0.1, 0.15) is 6.54 Å². The predicted octanol–water partition coefficient (Wildman–Crippen LogP) is 1.51. The fraction of sp³-hybridized carbons (Fsp3) is 0.333. The number of quaternary nitrogens is 1. The van der Waals surface area contributed by atoms with Crippen molar-refractivity contribution in [2.45, 2.75) is 25.4 Å². The number of carbonyl (C=O) groups excluding carboxylic acids is 1. The van der Waals surface area contributed by atoms with Gasteiger partial charge in [-0.15, -0.1) is 0 Å². The number of carbonyl (C=O) groups is 1. The van der Waals surface area contributed by atoms with Crippen molar-refractivity contribution in [2.24, 2.45) is 5.92 Å². The number of halogens is 1. The van der Waals surface area contributed by atoms with Crippen LogP contribution in [0, 0.1) is 11.1 Å². The summed E-state index contributed by atoms with van der Waals surface area (Å²) in [6, 6.07) is 10.7. The van der Waals surface area contributed by atoms with Crippen molar-refractivity contribution in [1.82, 2.24) is 14.0 Å². The normalized spacial score (nSPS) is 21.5. The first-order chi connectivity index (χ1) is 14.4. The number of piperidine rings is 1. The fourth-order valence-electron chi connectivity index (χ4n) is 4.85. The highest BCUT2D eigenvalue weighted by Gasteiger charge is 2.37. The van der Waals surface area contributed by atoms with Crippen LogP contribution in [0.15, 0.2) is 47.4 Å². The van der Waals surface area contributed by atoms with Crippen LogP contribution >= 0.6 is 11.6 Å². The van der Waals surface area contributed by atoms with E-state index in [2.05, 4.69) is 0 Å². The Kier molecular flexibility index (Phi) is 4.67. The van der Waals surface area contributed by atoms with Gasteiger partial charge < -0.3 is 19.2 Å². The summed E-state index contributed by atoms with van der Waals surface area (Å²) in [6.07, 6.45) is 2.80. The van der Waals surface area contributed by atoms with Crippen molar-refractivity contribution in [2.75, 3.05) is 13.1 Å². The van der Waals surface area contributed by atoms with Gasteiger partial charge >= 0.3 is 5.56 Å². The lowest BCUT2D eigenvalue weighted by Crippen LogP contribution is -3.00. The molecular formula is C21H21ClN4O4. The van der Waals surface area contributed by atoms with Crippen molar-refractivity contribution in [3.63, 3.8) is 0 Å². The Morgan fingerprint density at radius 1 is 1.20 bits per heavy atom. The zero-order valence-corrected chi connectivity index (χ0v) is 16.9. The molecule has 1 aromatic carbocycles. The van der Waals surface area contributed by atoms with Crippen LogP contribution in [0.2, 0.25) is 5.02 Å². The molecule has 1 saturated heterocycles. The highest BCUT2D eigenvalue weighted by molar-refractivity contribution is 6.31. The lowest BCUT2D eigenvalue weighted by Gasteiger charge is -2.43. The average Bonchev–Trinajstić information content (AvgIpc) is 3.10. The maximum absolute atomic E-state index is 13.1. The second-order valence-corrected chi connectivity index (χ2v) is 8.57. The molecule has 3 aromatic rings. The van der Waals surface area contributed by atoms with E-state index in [0.29, 0.717) is 24.7 Å². The van der Waals surface area contributed by atoms with Crippen molar-refractivity contribution in [3.05, 3.63) is 68.9 Å². The fourth-order valence-corrected chi connectivity index (χ4v) is 5.02. The number of rotatable bonds is 3. The maximum Gasteiger partial charge on any atom is 0.315 e. The van der Waals surface area contributed by atoms with E-state index in [1.54, 1.807) is 10.6 Å². The highest BCUT2D eigenvalue weighted by atomic mass is 35.5. The van der Waals surface area contributed by atoms with E-state index in [1.165, 1.54) is 6.07 Å². The Balaban J connectivity index is 1.38. The molecule has 5 rings (SSSR count). The number of aromatic nitrogens is 2. The molecule has 2 bridgehead atoms. The smallest absolute Gasteiger partial charge is 0.315 e. The molecule has 0 saturated carbocycles. The van der Waals surface area contributed by atoms with Crippen LogP contribution in [0.4, 0.5) is 5.69 Å². The predicted molar refractivity (Wildman–Crippen MR) is 111 cm³/mol. The number of nitrogens with zero attached hydrogens (tertiary/aromatic N) is 3. The molecule has 3 unspecified atom stereocenters. The number of hydrogen-bond donors (Lipinski definition) is 2. The summed E-state index contributed by atoms with van der Waals surface area (Å²) in [4.78, 5) is 27.5. The molecule has 0 aliphatic carbocycles. The third-order valence-corrected chi connectivity index (χ3v) is 6.46. The minimum atomic E-state index is -1.21. The summed E-state index contributed by atoms with van der Waals surface area (Å²) < 4.78 is 3.50. The largest absolute Gasteiger partial charge is 0.595 e. The van der Waals surface area contributed by atoms with Crippen LogP contribution in [0.3, 0.4) is 0 Å². The lowest BCUT2D eigenvalue weighted by molar-refractivity contribution is -0.992. The molecule has 1 fully saturated rings. The minimum absolute atomic E-state index is 0.0279. The van der Waals surface area contributed by atoms with Crippen LogP contribution in [0.25, 0.3) is 10.9 Å². The molecule has 156 valence electrons. The first-order valence-corrected chi connectivity index (χ1v) is 10.3. The SMILES string of the molecule is O=C(Cn1ccc2ccc(Cl)cc21)N1CC2CC(C1)c1ccc([NH+]([O-])O)c(=O)n1C2. The lowest BCUT2D eigenvalue weighted by atomic mass is 9.83. The van der Waals surface area contributed by atoms with Gasteiger partial charge in [-0.05, 0) is 42.0 Å². The van der Waals surface area contributed by atoms with E-state index in [9.17, 15) is 20.0 Å². The maximum atomic E-state index is 13.1. The number of nitrogens with one attached hydrogen (secondary N) is 1. The number of amides is 1. The zero-order chi connectivity index (χ0) is 21.0. The summed E-state index contributed by atoms with van der Waals surface area (Å²) in [7, 11) is 0. The topological polar surface area (TPSA) is 95.0 Å². The third kappa shape index (κ3) is 3.22. The first-order valence-electron chi connectivity index (χ1n) is 9.90. The molecule has 1 amide bonds. The Bertz CT molecular complexity index is 1200. The zero-order valence-electron chi connectivity index (χ0n) is 16.1. The third-order valence-electron chi connectivity index (χ3n) is 6.23. The van der Waals surface area contributed by atoms with Gasteiger partial charge in [0, 0.05) is 54.0 Å². The van der Waals surface area contributed by atoms with Crippen molar-refractivity contribution in [3.8, 4) is 0 Å². The van der Waals surface area contributed by atoms with Crippen molar-refractivity contribution >= 4 is 34.1 Å². The number of likely N-dealkylation sites (tertiary alicyclic amines) is 1. The van der Waals surface area contributed by atoms with E-state index < -0.39 is 10.8 Å². The Morgan fingerprint density at radius 3 is 2.83 bits per heavy atom. The molecule has 0 radical (unpaired) electrons.